The molecule has 0 saturated carbocycles. The lowest BCUT2D eigenvalue weighted by Gasteiger charge is -2.15. The first-order valence-electron chi connectivity index (χ1n) is 4.35. The van der Waals surface area contributed by atoms with E-state index in [4.69, 9.17) is 11.6 Å². The van der Waals surface area contributed by atoms with Crippen LogP contribution in [0.5, 0.6) is 0 Å². The van der Waals surface area contributed by atoms with Crippen molar-refractivity contribution in [2.24, 2.45) is 0 Å². The first kappa shape index (κ1) is 11.2. The molecule has 0 aromatic heterocycles. The SMILES string of the molecule is C=C(Cl)CN(C)Cc1ccccc1F. The van der Waals surface area contributed by atoms with Gasteiger partial charge in [-0.1, -0.05) is 36.4 Å². The summed E-state index contributed by atoms with van der Waals surface area (Å²) in [7, 11) is 1.88. The van der Waals surface area contributed by atoms with Gasteiger partial charge in [-0.15, -0.1) is 0 Å². The molecular weight excluding hydrogens is 201 g/mol. The molecule has 1 nitrogen and oxygen atoms in total. The van der Waals surface area contributed by atoms with Gasteiger partial charge < -0.3 is 0 Å². The number of nitrogens with zero attached hydrogens (tertiary/aromatic N) is 1. The van der Waals surface area contributed by atoms with E-state index < -0.39 is 0 Å². The molecule has 0 heterocycles. The van der Waals surface area contributed by atoms with Crippen LogP contribution in [0.15, 0.2) is 35.9 Å². The standard InChI is InChI=1S/C11H13ClFN/c1-9(12)7-14(2)8-10-5-3-4-6-11(10)13/h3-6H,1,7-8H2,2H3. The molecule has 0 N–H and O–H groups in total. The lowest BCUT2D eigenvalue weighted by Crippen LogP contribution is -2.19. The van der Waals surface area contributed by atoms with Crippen LogP contribution < -0.4 is 0 Å². The molecule has 76 valence electrons. The van der Waals surface area contributed by atoms with E-state index in [1.807, 2.05) is 18.0 Å². The molecule has 0 aliphatic rings. The summed E-state index contributed by atoms with van der Waals surface area (Å²) >= 11 is 5.65. The van der Waals surface area contributed by atoms with E-state index in [0.29, 0.717) is 23.7 Å². The van der Waals surface area contributed by atoms with Crippen molar-refractivity contribution < 1.29 is 4.39 Å². The van der Waals surface area contributed by atoms with Gasteiger partial charge in [0.15, 0.2) is 0 Å². The molecule has 14 heavy (non-hydrogen) atoms. The summed E-state index contributed by atoms with van der Waals surface area (Å²) in [5, 5.41) is 0.559. The zero-order valence-electron chi connectivity index (χ0n) is 8.13. The number of benzene rings is 1. The van der Waals surface area contributed by atoms with Crippen LogP contribution in [0.1, 0.15) is 5.56 Å². The van der Waals surface area contributed by atoms with Crippen molar-refractivity contribution in [2.45, 2.75) is 6.54 Å². The van der Waals surface area contributed by atoms with Gasteiger partial charge in [0.2, 0.25) is 0 Å². The first-order chi connectivity index (χ1) is 6.59. The molecule has 0 saturated heterocycles. The number of hydrogen-bond donors (Lipinski definition) is 0. The Labute approximate surface area is 88.8 Å². The van der Waals surface area contributed by atoms with Crippen molar-refractivity contribution in [3.8, 4) is 0 Å². The topological polar surface area (TPSA) is 3.24 Å². The van der Waals surface area contributed by atoms with Crippen LogP contribution in [-0.2, 0) is 6.54 Å². The van der Waals surface area contributed by atoms with Gasteiger partial charge in [-0.3, -0.25) is 4.90 Å². The quantitative estimate of drug-likeness (QED) is 0.743. The highest BCUT2D eigenvalue weighted by molar-refractivity contribution is 6.29. The smallest absolute Gasteiger partial charge is 0.127 e. The summed E-state index contributed by atoms with van der Waals surface area (Å²) in [6.07, 6.45) is 0. The molecule has 3 heteroatoms. The van der Waals surface area contributed by atoms with Gasteiger partial charge in [-0.2, -0.15) is 0 Å². The summed E-state index contributed by atoms with van der Waals surface area (Å²) < 4.78 is 13.2. The highest BCUT2D eigenvalue weighted by Crippen LogP contribution is 2.10. The molecule has 1 rings (SSSR count). The van der Waals surface area contributed by atoms with Gasteiger partial charge >= 0.3 is 0 Å². The molecule has 0 radical (unpaired) electrons. The van der Waals surface area contributed by atoms with Crippen molar-refractivity contribution in [1.29, 1.82) is 0 Å². The Bertz CT molecular complexity index is 325. The molecule has 1 aromatic rings. The maximum absolute atomic E-state index is 13.2. The van der Waals surface area contributed by atoms with Crippen LogP contribution in [0.3, 0.4) is 0 Å². The molecule has 0 amide bonds. The Morgan fingerprint density at radius 3 is 2.71 bits per heavy atom. The maximum Gasteiger partial charge on any atom is 0.127 e. The fourth-order valence-corrected chi connectivity index (χ4v) is 1.47. The monoisotopic (exact) mass is 213 g/mol. The fraction of sp³-hybridized carbons (Fsp3) is 0.273. The van der Waals surface area contributed by atoms with Crippen LogP contribution in [-0.4, -0.2) is 18.5 Å². The number of likely N-dealkylation sites (N-methyl/N-ethyl adjacent to an activating group) is 1. The second-order valence-electron chi connectivity index (χ2n) is 3.28. The third kappa shape index (κ3) is 3.48. The highest BCUT2D eigenvalue weighted by Gasteiger charge is 2.04. The minimum Gasteiger partial charge on any atom is -0.297 e. The first-order valence-corrected chi connectivity index (χ1v) is 4.72. The summed E-state index contributed by atoms with van der Waals surface area (Å²) in [6.45, 7) is 4.69. The number of halogens is 2. The number of rotatable bonds is 4. The summed E-state index contributed by atoms with van der Waals surface area (Å²) in [4.78, 5) is 1.91. The van der Waals surface area contributed by atoms with Crippen molar-refractivity contribution >= 4 is 11.6 Å². The van der Waals surface area contributed by atoms with E-state index >= 15 is 0 Å². The summed E-state index contributed by atoms with van der Waals surface area (Å²) in [6, 6.07) is 6.72. The van der Waals surface area contributed by atoms with E-state index in [1.165, 1.54) is 6.07 Å². The molecule has 0 bridgehead atoms. The third-order valence-electron chi connectivity index (χ3n) is 1.84. The van der Waals surface area contributed by atoms with Gasteiger partial charge in [0.1, 0.15) is 5.82 Å². The highest BCUT2D eigenvalue weighted by atomic mass is 35.5. The normalized spacial score (nSPS) is 10.6. The average Bonchev–Trinajstić information content (AvgIpc) is 2.07. The van der Waals surface area contributed by atoms with Gasteiger partial charge in [0.05, 0.1) is 0 Å². The minimum atomic E-state index is -0.181. The van der Waals surface area contributed by atoms with E-state index in [1.54, 1.807) is 12.1 Å². The van der Waals surface area contributed by atoms with Crippen molar-refractivity contribution in [3.05, 3.63) is 47.3 Å². The Kier molecular flexibility index (Phi) is 4.11. The Balaban J connectivity index is 2.60. The summed E-state index contributed by atoms with van der Waals surface area (Å²) in [5.41, 5.74) is 0.674. The second-order valence-corrected chi connectivity index (χ2v) is 3.82. The van der Waals surface area contributed by atoms with E-state index in [9.17, 15) is 4.39 Å². The second kappa shape index (κ2) is 5.13. The Morgan fingerprint density at radius 1 is 1.50 bits per heavy atom. The Hall–Kier alpha value is -0.860. The largest absolute Gasteiger partial charge is 0.297 e. The number of hydrogen-bond acceptors (Lipinski definition) is 1. The predicted molar refractivity (Wildman–Crippen MR) is 57.7 cm³/mol. The van der Waals surface area contributed by atoms with Crippen molar-refractivity contribution in [2.75, 3.05) is 13.6 Å². The van der Waals surface area contributed by atoms with Gasteiger partial charge in [0.25, 0.3) is 0 Å². The zero-order chi connectivity index (χ0) is 10.6. The van der Waals surface area contributed by atoms with E-state index in [0.717, 1.165) is 0 Å². The van der Waals surface area contributed by atoms with E-state index in [-0.39, 0.29) is 5.82 Å². The van der Waals surface area contributed by atoms with Crippen LogP contribution in [0.25, 0.3) is 0 Å². The molecule has 0 unspecified atom stereocenters. The van der Waals surface area contributed by atoms with Gasteiger partial charge in [-0.25, -0.2) is 4.39 Å². The molecule has 0 aliphatic carbocycles. The maximum atomic E-state index is 13.2. The van der Waals surface area contributed by atoms with Crippen LogP contribution in [0, 0.1) is 5.82 Å². The van der Waals surface area contributed by atoms with Gasteiger partial charge in [0, 0.05) is 23.7 Å². The van der Waals surface area contributed by atoms with Crippen LogP contribution in [0.4, 0.5) is 4.39 Å². The third-order valence-corrected chi connectivity index (χ3v) is 1.96. The molecule has 0 fully saturated rings. The fourth-order valence-electron chi connectivity index (χ4n) is 1.27. The summed E-state index contributed by atoms with van der Waals surface area (Å²) in [5.74, 6) is -0.181. The lowest BCUT2D eigenvalue weighted by atomic mass is 10.2. The van der Waals surface area contributed by atoms with Crippen molar-refractivity contribution in [3.63, 3.8) is 0 Å². The van der Waals surface area contributed by atoms with Gasteiger partial charge in [-0.05, 0) is 13.1 Å². The molecule has 0 aliphatic heterocycles. The molecule has 1 aromatic carbocycles. The minimum absolute atomic E-state index is 0.181. The average molecular weight is 214 g/mol. The van der Waals surface area contributed by atoms with Crippen molar-refractivity contribution in [1.82, 2.24) is 4.90 Å². The van der Waals surface area contributed by atoms with E-state index in [2.05, 4.69) is 6.58 Å². The Morgan fingerprint density at radius 2 is 2.14 bits per heavy atom. The predicted octanol–water partition coefficient (Wildman–Crippen LogP) is 3.01. The molecule has 0 spiro atoms. The van der Waals surface area contributed by atoms with Crippen LogP contribution in [0.2, 0.25) is 0 Å². The molecular formula is C11H13ClFN. The molecule has 0 atom stereocenters. The van der Waals surface area contributed by atoms with Crippen LogP contribution >= 0.6 is 11.6 Å². The lowest BCUT2D eigenvalue weighted by molar-refractivity contribution is 0.353. The zero-order valence-corrected chi connectivity index (χ0v) is 8.89.